The van der Waals surface area contributed by atoms with Crippen LogP contribution in [-0.2, 0) is 9.53 Å². The van der Waals surface area contributed by atoms with Crippen LogP contribution in [0, 0.1) is 46.3 Å². The summed E-state index contributed by atoms with van der Waals surface area (Å²) in [5, 5.41) is 0. The SMILES string of the molecule is CC(=O)OC1=CC[C@@]2(C)C(=C1)CCC1C2CC[C@@]2(C)C1CC[C@@H]2[C@H](C)CCCC(C)C. The molecule has 2 nitrogen and oxygen atoms in total. The molecule has 0 amide bonds. The molecule has 4 rings (SSSR count). The van der Waals surface area contributed by atoms with Crippen LogP contribution in [0.15, 0.2) is 23.5 Å². The van der Waals surface area contributed by atoms with Crippen molar-refractivity contribution >= 4 is 5.97 Å². The molecular weight excluding hydrogens is 380 g/mol. The fourth-order valence-electron chi connectivity index (χ4n) is 8.65. The van der Waals surface area contributed by atoms with Crippen LogP contribution in [0.1, 0.15) is 106 Å². The summed E-state index contributed by atoms with van der Waals surface area (Å²) in [7, 11) is 0. The van der Waals surface area contributed by atoms with Gasteiger partial charge in [-0.2, -0.15) is 0 Å². The van der Waals surface area contributed by atoms with E-state index in [1.807, 2.05) is 0 Å². The van der Waals surface area contributed by atoms with Gasteiger partial charge in [0.1, 0.15) is 5.76 Å². The number of carbonyl (C=O) groups is 1. The van der Waals surface area contributed by atoms with E-state index in [2.05, 4.69) is 46.8 Å². The van der Waals surface area contributed by atoms with E-state index < -0.39 is 0 Å². The summed E-state index contributed by atoms with van der Waals surface area (Å²) >= 11 is 0. The molecule has 7 atom stereocenters. The molecule has 31 heavy (non-hydrogen) atoms. The fraction of sp³-hybridized carbons (Fsp3) is 0.828. The van der Waals surface area contributed by atoms with Gasteiger partial charge in [-0.1, -0.05) is 59.5 Å². The number of hydrogen-bond acceptors (Lipinski definition) is 2. The number of ether oxygens (including phenoxy) is 1. The monoisotopic (exact) mass is 426 g/mol. The first-order valence-electron chi connectivity index (χ1n) is 13.2. The topological polar surface area (TPSA) is 26.3 Å². The van der Waals surface area contributed by atoms with Crippen LogP contribution in [-0.4, -0.2) is 5.97 Å². The molecule has 0 aromatic heterocycles. The standard InChI is InChI=1S/C29H46O2/c1-19(2)8-7-9-20(3)25-12-13-26-24-11-10-22-18-23(31-21(4)30)14-16-28(22,5)27(24)15-17-29(25,26)6/h14,18-20,24-27H,7-13,15-17H2,1-6H3/t20-,24?,25-,26?,27?,28+,29-/m1/s1. The number of allylic oxidation sites excluding steroid dienone is 3. The Bertz CT molecular complexity index is 746. The summed E-state index contributed by atoms with van der Waals surface area (Å²) in [6.45, 7) is 14.0. The van der Waals surface area contributed by atoms with E-state index in [1.54, 1.807) is 5.57 Å². The molecule has 0 bridgehead atoms. The Hall–Kier alpha value is -1.05. The van der Waals surface area contributed by atoms with Crippen LogP contribution in [0.4, 0.5) is 0 Å². The van der Waals surface area contributed by atoms with Crippen LogP contribution >= 0.6 is 0 Å². The number of fused-ring (bicyclic) bond motifs is 5. The summed E-state index contributed by atoms with van der Waals surface area (Å²) in [6.07, 6.45) is 17.9. The van der Waals surface area contributed by atoms with Gasteiger partial charge in [0.15, 0.2) is 0 Å². The average Bonchev–Trinajstić information content (AvgIpc) is 3.05. The second-order valence-electron chi connectivity index (χ2n) is 12.4. The second kappa shape index (κ2) is 8.71. The highest BCUT2D eigenvalue weighted by atomic mass is 16.5. The van der Waals surface area contributed by atoms with E-state index in [0.29, 0.717) is 5.41 Å². The van der Waals surface area contributed by atoms with Crippen molar-refractivity contribution in [1.29, 1.82) is 0 Å². The van der Waals surface area contributed by atoms with Crippen LogP contribution < -0.4 is 0 Å². The molecule has 3 saturated carbocycles. The molecule has 0 N–H and O–H groups in total. The highest BCUT2D eigenvalue weighted by Gasteiger charge is 2.59. The maximum atomic E-state index is 11.4. The molecule has 0 aromatic carbocycles. The zero-order chi connectivity index (χ0) is 22.4. The van der Waals surface area contributed by atoms with Crippen LogP contribution in [0.2, 0.25) is 0 Å². The predicted octanol–water partition coefficient (Wildman–Crippen LogP) is 8.08. The third kappa shape index (κ3) is 4.18. The van der Waals surface area contributed by atoms with Crippen molar-refractivity contribution < 1.29 is 9.53 Å². The summed E-state index contributed by atoms with van der Waals surface area (Å²) in [4.78, 5) is 11.4. The van der Waals surface area contributed by atoms with Crippen molar-refractivity contribution in [3.63, 3.8) is 0 Å². The fourth-order valence-corrected chi connectivity index (χ4v) is 8.65. The number of hydrogen-bond donors (Lipinski definition) is 0. The van der Waals surface area contributed by atoms with Crippen molar-refractivity contribution in [2.45, 2.75) is 106 Å². The van der Waals surface area contributed by atoms with Gasteiger partial charge in [0.25, 0.3) is 0 Å². The number of carbonyl (C=O) groups excluding carboxylic acids is 1. The minimum atomic E-state index is -0.201. The van der Waals surface area contributed by atoms with Gasteiger partial charge in [-0.05, 0) is 103 Å². The van der Waals surface area contributed by atoms with Gasteiger partial charge >= 0.3 is 5.97 Å². The van der Waals surface area contributed by atoms with Crippen molar-refractivity contribution in [2.75, 3.05) is 0 Å². The van der Waals surface area contributed by atoms with Crippen LogP contribution in [0.25, 0.3) is 0 Å². The normalized spacial score (nSPS) is 40.4. The molecule has 4 aliphatic rings. The molecule has 4 aliphatic carbocycles. The maximum absolute atomic E-state index is 11.4. The van der Waals surface area contributed by atoms with E-state index in [-0.39, 0.29) is 11.4 Å². The van der Waals surface area contributed by atoms with Gasteiger partial charge in [0.05, 0.1) is 0 Å². The molecule has 0 heterocycles. The lowest BCUT2D eigenvalue weighted by Gasteiger charge is -2.58. The van der Waals surface area contributed by atoms with Gasteiger partial charge in [-0.15, -0.1) is 0 Å². The van der Waals surface area contributed by atoms with Gasteiger partial charge < -0.3 is 4.74 Å². The van der Waals surface area contributed by atoms with Gasteiger partial charge in [-0.25, -0.2) is 0 Å². The Morgan fingerprint density at radius 3 is 2.58 bits per heavy atom. The van der Waals surface area contributed by atoms with Crippen LogP contribution in [0.5, 0.6) is 0 Å². The Balaban J connectivity index is 1.47. The first kappa shape index (κ1) is 23.1. The summed E-state index contributed by atoms with van der Waals surface area (Å²) in [5.41, 5.74) is 2.38. The van der Waals surface area contributed by atoms with Crippen molar-refractivity contribution in [3.8, 4) is 0 Å². The Morgan fingerprint density at radius 2 is 1.87 bits per heavy atom. The molecule has 0 aromatic rings. The zero-order valence-electron chi connectivity index (χ0n) is 21.0. The Labute approximate surface area is 191 Å². The zero-order valence-corrected chi connectivity index (χ0v) is 21.0. The predicted molar refractivity (Wildman–Crippen MR) is 128 cm³/mol. The van der Waals surface area contributed by atoms with E-state index in [0.717, 1.165) is 47.7 Å². The number of rotatable bonds is 6. The van der Waals surface area contributed by atoms with Gasteiger partial charge in [0, 0.05) is 6.92 Å². The van der Waals surface area contributed by atoms with Crippen molar-refractivity contribution in [1.82, 2.24) is 0 Å². The Morgan fingerprint density at radius 1 is 1.10 bits per heavy atom. The minimum absolute atomic E-state index is 0.201. The molecule has 3 fully saturated rings. The maximum Gasteiger partial charge on any atom is 0.308 e. The number of esters is 1. The third-order valence-electron chi connectivity index (χ3n) is 10.2. The quantitative estimate of drug-likeness (QED) is 0.401. The largest absolute Gasteiger partial charge is 0.427 e. The van der Waals surface area contributed by atoms with E-state index in [4.69, 9.17) is 4.74 Å². The summed E-state index contributed by atoms with van der Waals surface area (Å²) in [5.74, 6) is 5.84. The first-order chi connectivity index (χ1) is 14.6. The lowest BCUT2D eigenvalue weighted by atomic mass is 9.47. The minimum Gasteiger partial charge on any atom is -0.427 e. The molecular formula is C29H46O2. The van der Waals surface area contributed by atoms with Crippen molar-refractivity contribution in [3.05, 3.63) is 23.5 Å². The van der Waals surface area contributed by atoms with Gasteiger partial charge in [-0.3, -0.25) is 4.79 Å². The molecule has 0 radical (unpaired) electrons. The van der Waals surface area contributed by atoms with E-state index >= 15 is 0 Å². The van der Waals surface area contributed by atoms with Gasteiger partial charge in [0.2, 0.25) is 0 Å². The average molecular weight is 427 g/mol. The molecule has 0 saturated heterocycles. The van der Waals surface area contributed by atoms with Crippen LogP contribution in [0.3, 0.4) is 0 Å². The molecule has 2 heteroatoms. The molecule has 0 spiro atoms. The first-order valence-corrected chi connectivity index (χ1v) is 13.2. The third-order valence-corrected chi connectivity index (χ3v) is 10.2. The second-order valence-corrected chi connectivity index (χ2v) is 12.4. The lowest BCUT2D eigenvalue weighted by molar-refractivity contribution is -0.136. The lowest BCUT2D eigenvalue weighted by Crippen LogP contribution is -2.50. The van der Waals surface area contributed by atoms with E-state index in [9.17, 15) is 4.79 Å². The molecule has 0 aliphatic heterocycles. The van der Waals surface area contributed by atoms with E-state index in [1.165, 1.54) is 64.7 Å². The smallest absolute Gasteiger partial charge is 0.308 e. The highest BCUT2D eigenvalue weighted by Crippen LogP contribution is 2.67. The van der Waals surface area contributed by atoms with Crippen molar-refractivity contribution in [2.24, 2.45) is 46.3 Å². The summed E-state index contributed by atoms with van der Waals surface area (Å²) in [6, 6.07) is 0. The summed E-state index contributed by atoms with van der Waals surface area (Å²) < 4.78 is 5.44. The molecule has 3 unspecified atom stereocenters. The highest BCUT2D eigenvalue weighted by molar-refractivity contribution is 5.68. The Kier molecular flexibility index (Phi) is 6.50. The molecule has 174 valence electrons.